The second-order valence-electron chi connectivity index (χ2n) is 5.11. The van der Waals surface area contributed by atoms with Crippen LogP contribution in [0.5, 0.6) is 0 Å². The molecule has 1 aromatic rings. The number of hydrogen-bond acceptors (Lipinski definition) is 2. The van der Waals surface area contributed by atoms with E-state index in [1.165, 1.54) is 5.56 Å². The Morgan fingerprint density at radius 2 is 2.00 bits per heavy atom. The molecular weight excluding hydrogens is 270 g/mol. The maximum absolute atomic E-state index is 6.32. The summed E-state index contributed by atoms with van der Waals surface area (Å²) in [5, 5.41) is 4.16. The lowest BCUT2D eigenvalue weighted by Crippen LogP contribution is -2.42. The van der Waals surface area contributed by atoms with Gasteiger partial charge in [0.05, 0.1) is 12.2 Å². The zero-order valence-electron chi connectivity index (χ0n) is 12.0. The number of allylic oxidation sites excluding steroid dienone is 1. The first-order valence-electron chi connectivity index (χ1n) is 7.08. The Labute approximate surface area is 126 Å². The van der Waals surface area contributed by atoms with Crippen LogP contribution in [0.1, 0.15) is 25.3 Å². The van der Waals surface area contributed by atoms with Gasteiger partial charge in [0, 0.05) is 5.02 Å². The van der Waals surface area contributed by atoms with Gasteiger partial charge in [-0.25, -0.2) is 0 Å². The van der Waals surface area contributed by atoms with Crippen LogP contribution in [0, 0.1) is 0 Å². The van der Waals surface area contributed by atoms with Crippen LogP contribution in [0.2, 0.25) is 5.02 Å². The van der Waals surface area contributed by atoms with E-state index in [9.17, 15) is 0 Å². The highest BCUT2D eigenvalue weighted by atomic mass is 35.5. The van der Waals surface area contributed by atoms with Crippen molar-refractivity contribution in [2.45, 2.75) is 25.4 Å². The summed E-state index contributed by atoms with van der Waals surface area (Å²) in [4.78, 5) is 0. The van der Waals surface area contributed by atoms with Gasteiger partial charge in [0.15, 0.2) is 0 Å². The Hall–Kier alpha value is -1.09. The topological polar surface area (TPSA) is 21.3 Å². The molecule has 0 amide bonds. The van der Waals surface area contributed by atoms with Crippen LogP contribution in [0.3, 0.4) is 0 Å². The maximum atomic E-state index is 6.32. The van der Waals surface area contributed by atoms with Gasteiger partial charge < -0.3 is 10.1 Å². The number of piperidine rings is 1. The first kappa shape index (κ1) is 15.3. The van der Waals surface area contributed by atoms with Gasteiger partial charge in [0.25, 0.3) is 0 Å². The molecule has 0 bridgehead atoms. The highest BCUT2D eigenvalue weighted by molar-refractivity contribution is 6.30. The first-order chi connectivity index (χ1) is 9.70. The number of halogens is 1. The molecule has 0 unspecified atom stereocenters. The molecule has 0 radical (unpaired) electrons. The van der Waals surface area contributed by atoms with Crippen molar-refractivity contribution in [3.63, 3.8) is 0 Å². The Morgan fingerprint density at radius 3 is 2.55 bits per heavy atom. The third kappa shape index (κ3) is 3.51. The summed E-state index contributed by atoms with van der Waals surface area (Å²) in [6.45, 7) is 8.38. The van der Waals surface area contributed by atoms with E-state index < -0.39 is 0 Å². The summed E-state index contributed by atoms with van der Waals surface area (Å²) in [5.41, 5.74) is 2.12. The van der Waals surface area contributed by atoms with Crippen LogP contribution in [0.15, 0.2) is 48.6 Å². The molecule has 3 heteroatoms. The SMILES string of the molecule is C=C/C(=C\C)COC1(c2ccc(Cl)cc2)CCNCC1. The highest BCUT2D eigenvalue weighted by Gasteiger charge is 2.34. The van der Waals surface area contributed by atoms with E-state index in [0.717, 1.165) is 36.5 Å². The Bertz CT molecular complexity index is 472. The molecule has 20 heavy (non-hydrogen) atoms. The minimum atomic E-state index is -0.215. The quantitative estimate of drug-likeness (QED) is 0.826. The maximum Gasteiger partial charge on any atom is 0.0960 e. The van der Waals surface area contributed by atoms with Crippen LogP contribution in [-0.4, -0.2) is 19.7 Å². The molecule has 0 aromatic heterocycles. The summed E-state index contributed by atoms with van der Waals surface area (Å²) >= 11 is 5.99. The second-order valence-corrected chi connectivity index (χ2v) is 5.54. The fraction of sp³-hybridized carbons (Fsp3) is 0.412. The molecule has 1 N–H and O–H groups in total. The molecule has 0 aliphatic carbocycles. The minimum Gasteiger partial charge on any atom is -0.366 e. The average molecular weight is 292 g/mol. The van der Waals surface area contributed by atoms with E-state index >= 15 is 0 Å². The fourth-order valence-electron chi connectivity index (χ4n) is 2.58. The summed E-state index contributed by atoms with van der Waals surface area (Å²) in [7, 11) is 0. The van der Waals surface area contributed by atoms with Gasteiger partial charge in [0.1, 0.15) is 0 Å². The van der Waals surface area contributed by atoms with Gasteiger partial charge in [-0.1, -0.05) is 42.5 Å². The smallest absolute Gasteiger partial charge is 0.0960 e. The normalized spacial score (nSPS) is 18.8. The Balaban J connectivity index is 2.21. The lowest BCUT2D eigenvalue weighted by Gasteiger charge is -2.38. The largest absolute Gasteiger partial charge is 0.366 e. The van der Waals surface area contributed by atoms with E-state index in [1.807, 2.05) is 31.2 Å². The fourth-order valence-corrected chi connectivity index (χ4v) is 2.71. The first-order valence-corrected chi connectivity index (χ1v) is 7.46. The van der Waals surface area contributed by atoms with E-state index in [1.54, 1.807) is 0 Å². The standard InChI is InChI=1S/C17H22ClNO/c1-3-14(4-2)13-20-17(9-11-19-12-10-17)15-5-7-16(18)8-6-15/h3-8,19H,1,9-13H2,2H3/b14-4+. The minimum absolute atomic E-state index is 0.215. The molecule has 1 aromatic carbocycles. The summed E-state index contributed by atoms with van der Waals surface area (Å²) < 4.78 is 6.32. The molecule has 0 saturated carbocycles. The van der Waals surface area contributed by atoms with Crippen LogP contribution >= 0.6 is 11.6 Å². The zero-order valence-corrected chi connectivity index (χ0v) is 12.7. The molecule has 108 valence electrons. The van der Waals surface area contributed by atoms with Gasteiger partial charge in [-0.15, -0.1) is 0 Å². The van der Waals surface area contributed by atoms with Gasteiger partial charge >= 0.3 is 0 Å². The summed E-state index contributed by atoms with van der Waals surface area (Å²) in [5.74, 6) is 0. The summed E-state index contributed by atoms with van der Waals surface area (Å²) in [6, 6.07) is 8.04. The molecule has 0 atom stereocenters. The molecule has 1 fully saturated rings. The molecule has 0 spiro atoms. The molecule has 2 rings (SSSR count). The Morgan fingerprint density at radius 1 is 1.35 bits per heavy atom. The van der Waals surface area contributed by atoms with E-state index in [4.69, 9.17) is 16.3 Å². The van der Waals surface area contributed by atoms with Crippen molar-refractivity contribution in [3.8, 4) is 0 Å². The predicted molar refractivity (Wildman–Crippen MR) is 85.1 cm³/mol. The van der Waals surface area contributed by atoms with Crippen molar-refractivity contribution in [3.05, 3.63) is 59.2 Å². The highest BCUT2D eigenvalue weighted by Crippen LogP contribution is 2.35. The number of ether oxygens (including phenoxy) is 1. The molecular formula is C17H22ClNO. The number of hydrogen-bond donors (Lipinski definition) is 1. The van der Waals surface area contributed by atoms with Crippen LogP contribution in [0.25, 0.3) is 0 Å². The summed E-state index contributed by atoms with van der Waals surface area (Å²) in [6.07, 6.45) is 5.85. The monoisotopic (exact) mass is 291 g/mol. The van der Waals surface area contributed by atoms with Crippen molar-refractivity contribution in [2.75, 3.05) is 19.7 Å². The van der Waals surface area contributed by atoms with E-state index in [0.29, 0.717) is 6.61 Å². The van der Waals surface area contributed by atoms with Crippen LogP contribution in [0.4, 0.5) is 0 Å². The van der Waals surface area contributed by atoms with Crippen LogP contribution in [-0.2, 0) is 10.3 Å². The lowest BCUT2D eigenvalue weighted by molar-refractivity contribution is -0.0602. The number of benzene rings is 1. The second kappa shape index (κ2) is 7.07. The van der Waals surface area contributed by atoms with Crippen molar-refractivity contribution in [1.29, 1.82) is 0 Å². The van der Waals surface area contributed by atoms with Crippen molar-refractivity contribution in [1.82, 2.24) is 5.32 Å². The predicted octanol–water partition coefficient (Wildman–Crippen LogP) is 4.07. The van der Waals surface area contributed by atoms with E-state index in [2.05, 4.69) is 24.0 Å². The van der Waals surface area contributed by atoms with Gasteiger partial charge in [0.2, 0.25) is 0 Å². The van der Waals surface area contributed by atoms with E-state index in [-0.39, 0.29) is 5.60 Å². The molecule has 1 saturated heterocycles. The number of nitrogens with one attached hydrogen (secondary N) is 1. The van der Waals surface area contributed by atoms with Crippen molar-refractivity contribution >= 4 is 11.6 Å². The van der Waals surface area contributed by atoms with Gasteiger partial charge in [-0.2, -0.15) is 0 Å². The van der Waals surface area contributed by atoms with Gasteiger partial charge in [-0.3, -0.25) is 0 Å². The average Bonchev–Trinajstić information content (AvgIpc) is 2.50. The third-order valence-corrected chi connectivity index (χ3v) is 4.18. The molecule has 1 heterocycles. The molecule has 2 nitrogen and oxygen atoms in total. The zero-order chi connectivity index (χ0) is 14.4. The van der Waals surface area contributed by atoms with Gasteiger partial charge in [-0.05, 0) is 56.1 Å². The lowest BCUT2D eigenvalue weighted by atomic mass is 9.84. The van der Waals surface area contributed by atoms with Crippen LogP contribution < -0.4 is 5.32 Å². The third-order valence-electron chi connectivity index (χ3n) is 3.93. The Kier molecular flexibility index (Phi) is 5.41. The molecule has 1 aliphatic heterocycles. The van der Waals surface area contributed by atoms with Crippen molar-refractivity contribution < 1.29 is 4.74 Å². The number of rotatable bonds is 5. The molecule has 1 aliphatic rings. The van der Waals surface area contributed by atoms with Crippen molar-refractivity contribution in [2.24, 2.45) is 0 Å².